The number of hydrogen-bond acceptors (Lipinski definition) is 6. The van der Waals surface area contributed by atoms with Crippen molar-refractivity contribution >= 4 is 21.9 Å². The average molecular weight is 403 g/mol. The van der Waals surface area contributed by atoms with Gasteiger partial charge >= 0.3 is 5.69 Å². The Morgan fingerprint density at radius 1 is 1.23 bits per heavy atom. The molecule has 1 aliphatic heterocycles. The van der Waals surface area contributed by atoms with Gasteiger partial charge in [0.15, 0.2) is 0 Å². The Kier molecular flexibility index (Phi) is 3.24. The average Bonchev–Trinajstić information content (AvgIpc) is 3.14. The minimum absolute atomic E-state index is 0.204. The number of imidazole rings is 1. The summed E-state index contributed by atoms with van der Waals surface area (Å²) in [7, 11) is 1.62. The highest BCUT2D eigenvalue weighted by Gasteiger charge is 2.25. The number of pyridine rings is 1. The molecule has 0 saturated heterocycles. The fourth-order valence-electron chi connectivity index (χ4n) is 4.14. The molecule has 1 aliphatic rings. The lowest BCUT2D eigenvalue weighted by Gasteiger charge is -2.11. The molecule has 5 aromatic rings. The fourth-order valence-corrected chi connectivity index (χ4v) is 4.14. The Labute approximate surface area is 169 Å². The maximum atomic E-state index is 12.7. The number of benzene rings is 1. The van der Waals surface area contributed by atoms with Gasteiger partial charge < -0.3 is 19.1 Å². The lowest BCUT2D eigenvalue weighted by Crippen LogP contribution is -2.18. The summed E-state index contributed by atoms with van der Waals surface area (Å²) in [6.45, 7) is 4.14. The molecule has 5 heterocycles. The molecule has 0 unspecified atom stereocenters. The predicted octanol–water partition coefficient (Wildman–Crippen LogP) is 3.16. The smallest absolute Gasteiger partial charge is 0.326 e. The van der Waals surface area contributed by atoms with Crippen LogP contribution in [-0.4, -0.2) is 31.5 Å². The van der Waals surface area contributed by atoms with Crippen LogP contribution in [0.2, 0.25) is 0 Å². The molecule has 0 bridgehead atoms. The fraction of sp³-hybridized carbons (Fsp3) is 0.190. The highest BCUT2D eigenvalue weighted by Crippen LogP contribution is 2.38. The van der Waals surface area contributed by atoms with Crippen molar-refractivity contribution in [3.05, 3.63) is 58.1 Å². The van der Waals surface area contributed by atoms with Gasteiger partial charge in [0.1, 0.15) is 11.5 Å². The summed E-state index contributed by atoms with van der Waals surface area (Å²) in [4.78, 5) is 25.5. The highest BCUT2D eigenvalue weighted by molar-refractivity contribution is 6.04. The van der Waals surface area contributed by atoms with Crippen molar-refractivity contribution in [2.45, 2.75) is 20.4 Å². The van der Waals surface area contributed by atoms with Gasteiger partial charge in [-0.3, -0.25) is 9.55 Å². The Morgan fingerprint density at radius 2 is 2.10 bits per heavy atom. The van der Waals surface area contributed by atoms with E-state index in [1.165, 1.54) is 0 Å². The molecule has 0 amide bonds. The van der Waals surface area contributed by atoms with Gasteiger partial charge in [-0.1, -0.05) is 5.16 Å². The summed E-state index contributed by atoms with van der Waals surface area (Å²) in [5, 5.41) is 4.87. The number of nitrogens with zero attached hydrogens (tertiary/aromatic N) is 4. The first-order valence-electron chi connectivity index (χ1n) is 9.46. The molecule has 0 radical (unpaired) electrons. The van der Waals surface area contributed by atoms with E-state index in [-0.39, 0.29) is 5.69 Å². The molecule has 0 saturated carbocycles. The van der Waals surface area contributed by atoms with E-state index in [1.54, 1.807) is 22.6 Å². The molecular formula is C21H17N5O4. The van der Waals surface area contributed by atoms with E-state index < -0.39 is 0 Å². The standard InChI is InChI=1S/C21H17N5O4/c1-10-19(11(2)29-24-10)14-6-15-13(7-17(14)28-3)20-16(8-22-15)23-21(27)25(20)9-12-4-5-18-26(12)30-18/h4-8H,9H2,1-3H3,(H,23,27). The monoisotopic (exact) mass is 403 g/mol. The van der Waals surface area contributed by atoms with Crippen LogP contribution in [0.4, 0.5) is 0 Å². The maximum absolute atomic E-state index is 12.7. The van der Waals surface area contributed by atoms with Crippen LogP contribution in [0.3, 0.4) is 0 Å². The Hall–Kier alpha value is -4.01. The second kappa shape index (κ2) is 5.76. The zero-order valence-electron chi connectivity index (χ0n) is 16.5. The van der Waals surface area contributed by atoms with E-state index in [0.29, 0.717) is 23.6 Å². The van der Waals surface area contributed by atoms with Gasteiger partial charge in [-0.05, 0) is 32.0 Å². The van der Waals surface area contributed by atoms with E-state index in [1.807, 2.05) is 38.1 Å². The van der Waals surface area contributed by atoms with Crippen molar-refractivity contribution in [1.82, 2.24) is 24.4 Å². The van der Waals surface area contributed by atoms with Gasteiger partial charge in [0, 0.05) is 17.0 Å². The third kappa shape index (κ3) is 2.25. The third-order valence-corrected chi connectivity index (χ3v) is 5.57. The second-order valence-corrected chi connectivity index (χ2v) is 7.35. The second-order valence-electron chi connectivity index (χ2n) is 7.35. The van der Waals surface area contributed by atoms with Crippen LogP contribution in [0.15, 0.2) is 39.8 Å². The molecule has 0 fully saturated rings. The zero-order chi connectivity index (χ0) is 20.6. The largest absolute Gasteiger partial charge is 0.496 e. The minimum atomic E-state index is -0.204. The number of methoxy groups -OCH3 is 1. The van der Waals surface area contributed by atoms with Crippen LogP contribution in [-0.2, 0) is 6.54 Å². The van der Waals surface area contributed by atoms with E-state index >= 15 is 0 Å². The number of aromatic amines is 1. The van der Waals surface area contributed by atoms with Gasteiger partial charge in [0.2, 0.25) is 0 Å². The molecule has 9 heteroatoms. The highest BCUT2D eigenvalue weighted by atomic mass is 16.8. The number of ether oxygens (including phenoxy) is 1. The zero-order valence-corrected chi connectivity index (χ0v) is 16.5. The molecule has 150 valence electrons. The van der Waals surface area contributed by atoms with Crippen LogP contribution in [0, 0.1) is 13.8 Å². The molecule has 9 nitrogen and oxygen atoms in total. The van der Waals surface area contributed by atoms with E-state index in [4.69, 9.17) is 14.1 Å². The number of fused-ring (bicyclic) bond motifs is 4. The SMILES string of the molecule is COc1cc2c(cc1-c1c(C)noc1C)ncc1[nH]c(=O)n(Cc3ccc4n3O4)c12. The normalized spacial score (nSPS) is 12.4. The molecule has 1 N–H and O–H groups in total. The van der Waals surface area contributed by atoms with Crippen molar-refractivity contribution in [3.63, 3.8) is 0 Å². The molecular weight excluding hydrogens is 386 g/mol. The number of aromatic nitrogens is 5. The number of aryl methyl sites for hydroxylation is 2. The van der Waals surface area contributed by atoms with Crippen LogP contribution in [0.5, 0.6) is 11.6 Å². The third-order valence-electron chi connectivity index (χ3n) is 5.57. The predicted molar refractivity (Wildman–Crippen MR) is 109 cm³/mol. The van der Waals surface area contributed by atoms with Gasteiger partial charge in [-0.25, -0.2) is 4.79 Å². The summed E-state index contributed by atoms with van der Waals surface area (Å²) >= 11 is 0. The van der Waals surface area contributed by atoms with Crippen molar-refractivity contribution in [2.75, 3.05) is 7.11 Å². The van der Waals surface area contributed by atoms with Gasteiger partial charge in [-0.15, -0.1) is 4.73 Å². The first-order valence-corrected chi connectivity index (χ1v) is 9.46. The Bertz CT molecular complexity index is 1520. The molecule has 4 aromatic heterocycles. The molecule has 6 rings (SSSR count). The van der Waals surface area contributed by atoms with E-state index in [2.05, 4.69) is 15.1 Å². The lowest BCUT2D eigenvalue weighted by molar-refractivity contribution is 0.393. The van der Waals surface area contributed by atoms with Gasteiger partial charge in [0.25, 0.3) is 5.88 Å². The van der Waals surface area contributed by atoms with Gasteiger partial charge in [0.05, 0.1) is 53.4 Å². The first-order chi connectivity index (χ1) is 14.5. The summed E-state index contributed by atoms with van der Waals surface area (Å²) in [5.74, 6) is 2.17. The molecule has 30 heavy (non-hydrogen) atoms. The summed E-state index contributed by atoms with van der Waals surface area (Å²) in [6.07, 6.45) is 1.68. The van der Waals surface area contributed by atoms with Crippen LogP contribution < -0.4 is 15.3 Å². The van der Waals surface area contributed by atoms with Gasteiger partial charge in [-0.2, -0.15) is 0 Å². The van der Waals surface area contributed by atoms with E-state index in [0.717, 1.165) is 44.8 Å². The van der Waals surface area contributed by atoms with Crippen LogP contribution in [0.25, 0.3) is 33.1 Å². The molecule has 0 aliphatic carbocycles. The quantitative estimate of drug-likeness (QED) is 0.454. The van der Waals surface area contributed by atoms with Crippen molar-refractivity contribution in [2.24, 2.45) is 0 Å². The number of hydrogen-bond donors (Lipinski definition) is 1. The van der Waals surface area contributed by atoms with Crippen molar-refractivity contribution in [3.8, 4) is 22.8 Å². The molecule has 0 atom stereocenters. The lowest BCUT2D eigenvalue weighted by atomic mass is 10.0. The summed E-state index contributed by atoms with van der Waals surface area (Å²) < 4.78 is 14.4. The number of rotatable bonds is 4. The maximum Gasteiger partial charge on any atom is 0.326 e. The first kappa shape index (κ1) is 16.9. The summed E-state index contributed by atoms with van der Waals surface area (Å²) in [6, 6.07) is 7.69. The van der Waals surface area contributed by atoms with Crippen LogP contribution in [0.1, 0.15) is 17.1 Å². The number of H-pyrrole nitrogens is 1. The Balaban J connectivity index is 1.62. The Morgan fingerprint density at radius 3 is 2.77 bits per heavy atom. The van der Waals surface area contributed by atoms with Crippen molar-refractivity contribution < 1.29 is 14.1 Å². The van der Waals surface area contributed by atoms with Crippen LogP contribution >= 0.6 is 0 Å². The minimum Gasteiger partial charge on any atom is -0.496 e. The van der Waals surface area contributed by atoms with E-state index in [9.17, 15) is 4.79 Å². The number of nitrogens with one attached hydrogen (secondary N) is 1. The summed E-state index contributed by atoms with van der Waals surface area (Å²) in [5.41, 5.74) is 5.38. The topological polar surface area (TPSA) is 103 Å². The molecule has 1 aromatic carbocycles. The molecule has 0 spiro atoms. The van der Waals surface area contributed by atoms with Crippen molar-refractivity contribution in [1.29, 1.82) is 0 Å².